The monoisotopic (exact) mass is 337 g/mol. The van der Waals surface area contributed by atoms with Crippen molar-refractivity contribution in [2.75, 3.05) is 5.84 Å². The van der Waals surface area contributed by atoms with E-state index in [-0.39, 0.29) is 17.2 Å². The summed E-state index contributed by atoms with van der Waals surface area (Å²) in [6.45, 7) is 6.42. The van der Waals surface area contributed by atoms with E-state index in [0.717, 1.165) is 25.1 Å². The average molecular weight is 337 g/mol. The molecule has 4 atom stereocenters. The van der Waals surface area contributed by atoms with Gasteiger partial charge in [0.15, 0.2) is 5.82 Å². The molecule has 0 aromatic carbocycles. The molecule has 3 N–H and O–H groups in total. The van der Waals surface area contributed by atoms with Gasteiger partial charge in [-0.2, -0.15) is 0 Å². The van der Waals surface area contributed by atoms with Gasteiger partial charge in [0.2, 0.25) is 11.1 Å². The summed E-state index contributed by atoms with van der Waals surface area (Å²) in [7, 11) is 0. The zero-order chi connectivity index (χ0) is 16.6. The number of thioether (sulfide) groups is 1. The molecule has 1 aromatic heterocycles. The Hall–Kier alpha value is -1.24. The number of hydrogen-bond acceptors (Lipinski definition) is 5. The van der Waals surface area contributed by atoms with E-state index in [0.29, 0.717) is 22.9 Å². The molecule has 1 amide bonds. The minimum absolute atomic E-state index is 0.0666. The molecule has 7 heteroatoms. The largest absolute Gasteiger partial charge is 0.352 e. The summed E-state index contributed by atoms with van der Waals surface area (Å²) in [5, 5.41) is 11.9. The topological polar surface area (TPSA) is 85.8 Å². The second-order valence-corrected chi connectivity index (χ2v) is 8.44. The van der Waals surface area contributed by atoms with E-state index in [4.69, 9.17) is 5.84 Å². The minimum Gasteiger partial charge on any atom is -0.352 e. The van der Waals surface area contributed by atoms with Crippen molar-refractivity contribution >= 4 is 17.7 Å². The molecule has 23 heavy (non-hydrogen) atoms. The van der Waals surface area contributed by atoms with Crippen LogP contribution in [0.3, 0.4) is 0 Å². The second kappa shape index (κ2) is 6.71. The van der Waals surface area contributed by atoms with Gasteiger partial charge >= 0.3 is 0 Å². The molecule has 0 spiro atoms. The third-order valence-corrected chi connectivity index (χ3v) is 6.38. The van der Waals surface area contributed by atoms with Gasteiger partial charge in [-0.15, -0.1) is 10.2 Å². The average Bonchev–Trinajstić information content (AvgIpc) is 3.30. The van der Waals surface area contributed by atoms with Gasteiger partial charge in [0.1, 0.15) is 0 Å². The van der Waals surface area contributed by atoms with Gasteiger partial charge in [0.25, 0.3) is 0 Å². The number of nitrogens with zero attached hydrogens (tertiary/aromatic N) is 3. The zero-order valence-corrected chi connectivity index (χ0v) is 15.0. The number of aromatic nitrogens is 3. The van der Waals surface area contributed by atoms with Crippen molar-refractivity contribution in [1.82, 2.24) is 20.2 Å². The molecule has 2 aliphatic rings. The van der Waals surface area contributed by atoms with Crippen molar-refractivity contribution in [3.8, 4) is 0 Å². The van der Waals surface area contributed by atoms with Crippen molar-refractivity contribution < 1.29 is 4.79 Å². The summed E-state index contributed by atoms with van der Waals surface area (Å²) >= 11 is 1.39. The second-order valence-electron chi connectivity index (χ2n) is 7.13. The van der Waals surface area contributed by atoms with Crippen LogP contribution in [0.4, 0.5) is 0 Å². The van der Waals surface area contributed by atoms with Crippen LogP contribution in [0.1, 0.15) is 64.6 Å². The standard InChI is InChI=1S/C16H27N5OS/c1-9-5-4-6-13(10(9)2)18-15(22)11(3)23-16-20-19-14(21(16)17)12-7-8-12/h9-13H,4-8,17H2,1-3H3,(H,18,22)/t9-,10-,11-,13-/m1/s1. The van der Waals surface area contributed by atoms with Gasteiger partial charge in [-0.1, -0.05) is 38.5 Å². The molecule has 0 radical (unpaired) electrons. The number of rotatable bonds is 5. The van der Waals surface area contributed by atoms with Crippen LogP contribution in [0.5, 0.6) is 0 Å². The normalized spacial score (nSPS) is 29.3. The van der Waals surface area contributed by atoms with Gasteiger partial charge in [0.05, 0.1) is 5.25 Å². The van der Waals surface area contributed by atoms with Crippen molar-refractivity contribution in [3.63, 3.8) is 0 Å². The molecule has 0 unspecified atom stereocenters. The lowest BCUT2D eigenvalue weighted by Gasteiger charge is -2.35. The lowest BCUT2D eigenvalue weighted by atomic mass is 9.78. The highest BCUT2D eigenvalue weighted by molar-refractivity contribution is 8.00. The first-order chi connectivity index (χ1) is 11.0. The summed E-state index contributed by atoms with van der Waals surface area (Å²) in [5.74, 6) is 8.62. The number of hydrogen-bond donors (Lipinski definition) is 2. The molecule has 0 aliphatic heterocycles. The minimum atomic E-state index is -0.224. The molecule has 1 heterocycles. The molecule has 2 fully saturated rings. The van der Waals surface area contributed by atoms with Crippen LogP contribution in [0.15, 0.2) is 5.16 Å². The van der Waals surface area contributed by atoms with Crippen LogP contribution in [-0.4, -0.2) is 32.1 Å². The zero-order valence-electron chi connectivity index (χ0n) is 14.2. The lowest BCUT2D eigenvalue weighted by molar-refractivity contribution is -0.121. The predicted molar refractivity (Wildman–Crippen MR) is 91.6 cm³/mol. The Morgan fingerprint density at radius 1 is 1.30 bits per heavy atom. The van der Waals surface area contributed by atoms with E-state index in [2.05, 4.69) is 29.4 Å². The highest BCUT2D eigenvalue weighted by Gasteiger charge is 2.32. The van der Waals surface area contributed by atoms with E-state index in [1.165, 1.54) is 24.6 Å². The van der Waals surface area contributed by atoms with Gasteiger partial charge in [-0.25, -0.2) is 4.68 Å². The first kappa shape index (κ1) is 16.6. The van der Waals surface area contributed by atoms with Crippen LogP contribution in [-0.2, 0) is 4.79 Å². The molecule has 6 nitrogen and oxygen atoms in total. The first-order valence-electron chi connectivity index (χ1n) is 8.64. The summed E-state index contributed by atoms with van der Waals surface area (Å²) in [5.41, 5.74) is 0. The highest BCUT2D eigenvalue weighted by Crippen LogP contribution is 2.39. The van der Waals surface area contributed by atoms with E-state index in [1.807, 2.05) is 6.92 Å². The fourth-order valence-corrected chi connectivity index (χ4v) is 4.07. The summed E-state index contributed by atoms with van der Waals surface area (Å²) in [4.78, 5) is 12.5. The van der Waals surface area contributed by atoms with Crippen LogP contribution in [0.25, 0.3) is 0 Å². The number of carbonyl (C=O) groups excluding carboxylic acids is 1. The number of nitrogen functional groups attached to an aromatic ring is 1. The number of amides is 1. The molecule has 0 saturated heterocycles. The number of carbonyl (C=O) groups is 1. The van der Waals surface area contributed by atoms with E-state index in [1.54, 1.807) is 4.68 Å². The number of nitrogens with one attached hydrogen (secondary N) is 1. The Labute approximate surface area is 142 Å². The summed E-state index contributed by atoms with van der Waals surface area (Å²) < 4.78 is 1.55. The quantitative estimate of drug-likeness (QED) is 0.636. The Bertz CT molecular complexity index is 571. The number of nitrogens with two attached hydrogens (primary N) is 1. The van der Waals surface area contributed by atoms with Gasteiger partial charge in [0, 0.05) is 12.0 Å². The summed E-state index contributed by atoms with van der Waals surface area (Å²) in [6, 6.07) is 0.284. The molecule has 128 valence electrons. The molecule has 1 aromatic rings. The SMILES string of the molecule is C[C@@H]1[C@H](C)CCC[C@H]1NC(=O)[C@@H](C)Sc1nnc(C2CC2)n1N. The first-order valence-corrected chi connectivity index (χ1v) is 9.52. The van der Waals surface area contributed by atoms with E-state index in [9.17, 15) is 4.79 Å². The van der Waals surface area contributed by atoms with Crippen LogP contribution in [0, 0.1) is 11.8 Å². The molecule has 2 saturated carbocycles. The predicted octanol–water partition coefficient (Wildman–Crippen LogP) is 2.29. The maximum absolute atomic E-state index is 12.5. The Kier molecular flexibility index (Phi) is 4.85. The van der Waals surface area contributed by atoms with Crippen LogP contribution in [0.2, 0.25) is 0 Å². The third-order valence-electron chi connectivity index (χ3n) is 5.32. The van der Waals surface area contributed by atoms with Crippen molar-refractivity contribution in [1.29, 1.82) is 0 Å². The Morgan fingerprint density at radius 3 is 2.74 bits per heavy atom. The van der Waals surface area contributed by atoms with Gasteiger partial charge in [-0.05, 0) is 38.0 Å². The van der Waals surface area contributed by atoms with Gasteiger partial charge < -0.3 is 11.2 Å². The third kappa shape index (κ3) is 3.65. The summed E-state index contributed by atoms with van der Waals surface area (Å²) in [6.07, 6.45) is 5.80. The molecular weight excluding hydrogens is 310 g/mol. The van der Waals surface area contributed by atoms with Crippen LogP contribution < -0.4 is 11.2 Å². The molecule has 3 rings (SSSR count). The molecule has 0 bridgehead atoms. The molecular formula is C16H27N5OS. The lowest BCUT2D eigenvalue weighted by Crippen LogP contribution is -2.46. The molecule has 2 aliphatic carbocycles. The van der Waals surface area contributed by atoms with Crippen molar-refractivity contribution in [2.45, 2.75) is 75.2 Å². The smallest absolute Gasteiger partial charge is 0.233 e. The van der Waals surface area contributed by atoms with Gasteiger partial charge in [-0.3, -0.25) is 4.79 Å². The maximum Gasteiger partial charge on any atom is 0.233 e. The van der Waals surface area contributed by atoms with Crippen molar-refractivity contribution in [2.24, 2.45) is 11.8 Å². The Morgan fingerprint density at radius 2 is 2.04 bits per heavy atom. The van der Waals surface area contributed by atoms with E-state index < -0.39 is 0 Å². The van der Waals surface area contributed by atoms with Crippen LogP contribution >= 0.6 is 11.8 Å². The fraction of sp³-hybridized carbons (Fsp3) is 0.812. The highest BCUT2D eigenvalue weighted by atomic mass is 32.2. The fourth-order valence-electron chi connectivity index (χ4n) is 3.29. The maximum atomic E-state index is 12.5. The van der Waals surface area contributed by atoms with Crippen molar-refractivity contribution in [3.05, 3.63) is 5.82 Å². The van der Waals surface area contributed by atoms with E-state index >= 15 is 0 Å². The Balaban J connectivity index is 1.57.